The van der Waals surface area contributed by atoms with E-state index in [4.69, 9.17) is 4.74 Å². The molecule has 5 atom stereocenters. The van der Waals surface area contributed by atoms with Crippen LogP contribution in [0.5, 0.6) is 0 Å². The molecular weight excluding hydrogens is 489 g/mol. The Morgan fingerprint density at radius 3 is 2.28 bits per heavy atom. The van der Waals surface area contributed by atoms with Gasteiger partial charge in [0, 0.05) is 24.2 Å². The van der Waals surface area contributed by atoms with Crippen molar-refractivity contribution in [1.82, 2.24) is 9.62 Å². The summed E-state index contributed by atoms with van der Waals surface area (Å²) in [4.78, 5) is 14.8. The largest absolute Gasteiger partial charge is 0.445 e. The predicted molar refractivity (Wildman–Crippen MR) is 133 cm³/mol. The molecule has 5 nitrogen and oxygen atoms in total. The topological polar surface area (TPSA) is 58.6 Å². The van der Waals surface area contributed by atoms with E-state index in [9.17, 15) is 22.2 Å². The Kier molecular flexibility index (Phi) is 8.09. The molecule has 36 heavy (non-hydrogen) atoms. The molecule has 2 aliphatic rings. The van der Waals surface area contributed by atoms with Gasteiger partial charge in [0.05, 0.1) is 15.7 Å². The number of amides is 1. The van der Waals surface area contributed by atoms with E-state index < -0.39 is 39.2 Å². The Morgan fingerprint density at radius 2 is 1.67 bits per heavy atom. The van der Waals surface area contributed by atoms with Crippen molar-refractivity contribution < 1.29 is 26.9 Å². The van der Waals surface area contributed by atoms with Crippen LogP contribution in [0.25, 0.3) is 0 Å². The minimum absolute atomic E-state index is 0.0283. The van der Waals surface area contributed by atoms with Crippen LogP contribution in [0.2, 0.25) is 0 Å². The molecular formula is C27H33F3N2O3S. The van der Waals surface area contributed by atoms with Crippen molar-refractivity contribution in [2.45, 2.75) is 82.4 Å². The summed E-state index contributed by atoms with van der Waals surface area (Å²) >= 11 is 0. The molecule has 2 aliphatic heterocycles. The smallest absolute Gasteiger partial charge is 0.410 e. The molecule has 1 unspecified atom stereocenters. The van der Waals surface area contributed by atoms with Crippen molar-refractivity contribution in [2.75, 3.05) is 0 Å². The summed E-state index contributed by atoms with van der Waals surface area (Å²) in [6.45, 7) is 5.70. The molecule has 0 saturated carbocycles. The maximum Gasteiger partial charge on any atom is 0.410 e. The molecule has 0 aromatic heterocycles. The second-order valence-corrected chi connectivity index (χ2v) is 12.7. The summed E-state index contributed by atoms with van der Waals surface area (Å²) in [6.07, 6.45) is 2.63. The Morgan fingerprint density at radius 1 is 1.06 bits per heavy atom. The third-order valence-corrected chi connectivity index (χ3v) is 8.73. The van der Waals surface area contributed by atoms with E-state index in [0.29, 0.717) is 18.9 Å². The Bertz CT molecular complexity index is 1100. The summed E-state index contributed by atoms with van der Waals surface area (Å²) in [5.41, 5.74) is 0.949. The number of carbonyl (C=O) groups is 1. The average molecular weight is 523 g/mol. The van der Waals surface area contributed by atoms with Crippen molar-refractivity contribution >= 4 is 17.1 Å². The highest BCUT2D eigenvalue weighted by atomic mass is 32.2. The fraction of sp³-hybridized carbons (Fsp3) is 0.519. The number of carbonyl (C=O) groups excluding carboxylic acids is 1. The van der Waals surface area contributed by atoms with Gasteiger partial charge in [-0.25, -0.2) is 26.9 Å². The first-order chi connectivity index (χ1) is 17.0. The average Bonchev–Trinajstić information content (AvgIpc) is 3.09. The zero-order valence-electron chi connectivity index (χ0n) is 20.8. The zero-order chi connectivity index (χ0) is 26.0. The van der Waals surface area contributed by atoms with Crippen LogP contribution in [-0.4, -0.2) is 38.1 Å². The van der Waals surface area contributed by atoms with Crippen LogP contribution in [-0.2, 0) is 28.8 Å². The first-order valence-corrected chi connectivity index (χ1v) is 13.5. The molecule has 2 aromatic carbocycles. The zero-order valence-corrected chi connectivity index (χ0v) is 21.6. The highest BCUT2D eigenvalue weighted by molar-refractivity contribution is 7.84. The number of piperidine rings is 1. The standard InChI is InChI=1S/C27H33F3N2O3S/c1-27(2,3)36(34)31-25(14-18-13-23(29)24(30)15-22(18)28)19-11-20-9-10-21(12-19)32(20)26(33)35-16-17-7-5-4-6-8-17/h4-8,13,15,19-21,25,31H,9-12,14,16H2,1-3H3/t19?,20-,21+,25-,36-/m0/s1. The van der Waals surface area contributed by atoms with Gasteiger partial charge in [-0.15, -0.1) is 0 Å². The molecule has 2 fully saturated rings. The molecule has 0 spiro atoms. The Balaban J connectivity index is 1.49. The third kappa shape index (κ3) is 6.11. The Hall–Kier alpha value is -2.39. The van der Waals surface area contributed by atoms with E-state index >= 15 is 0 Å². The fourth-order valence-corrected chi connectivity index (χ4v) is 6.12. The second-order valence-electron chi connectivity index (χ2n) is 10.7. The van der Waals surface area contributed by atoms with Crippen LogP contribution in [0.1, 0.15) is 57.6 Å². The number of nitrogens with zero attached hydrogens (tertiary/aromatic N) is 1. The quantitative estimate of drug-likeness (QED) is 0.479. The van der Waals surface area contributed by atoms with Crippen molar-refractivity contribution in [3.05, 3.63) is 71.0 Å². The second kappa shape index (κ2) is 10.9. The van der Waals surface area contributed by atoms with E-state index in [2.05, 4.69) is 4.72 Å². The molecule has 4 rings (SSSR count). The number of halogens is 3. The van der Waals surface area contributed by atoms with Gasteiger partial charge in [0.25, 0.3) is 0 Å². The Labute approximate surface area is 213 Å². The number of fused-ring (bicyclic) bond motifs is 2. The molecule has 2 saturated heterocycles. The monoisotopic (exact) mass is 522 g/mol. The van der Waals surface area contributed by atoms with Gasteiger partial charge >= 0.3 is 6.09 Å². The highest BCUT2D eigenvalue weighted by Crippen LogP contribution is 2.41. The van der Waals surface area contributed by atoms with E-state index in [0.717, 1.165) is 24.5 Å². The van der Waals surface area contributed by atoms with Gasteiger partial charge in [-0.2, -0.15) is 0 Å². The van der Waals surface area contributed by atoms with E-state index in [1.54, 1.807) is 0 Å². The highest BCUT2D eigenvalue weighted by Gasteiger charge is 2.46. The molecule has 2 aromatic rings. The lowest BCUT2D eigenvalue weighted by Crippen LogP contribution is -2.52. The molecule has 0 aliphatic carbocycles. The lowest BCUT2D eigenvalue weighted by molar-refractivity contribution is 0.0484. The summed E-state index contributed by atoms with van der Waals surface area (Å²) in [5, 5.41) is 0. The fourth-order valence-electron chi connectivity index (χ4n) is 5.22. The minimum Gasteiger partial charge on any atom is -0.445 e. The van der Waals surface area contributed by atoms with Crippen molar-refractivity contribution in [2.24, 2.45) is 5.92 Å². The number of hydrogen-bond acceptors (Lipinski definition) is 3. The molecule has 1 N–H and O–H groups in total. The molecule has 2 bridgehead atoms. The summed E-state index contributed by atoms with van der Waals surface area (Å²) < 4.78 is 63.0. The van der Waals surface area contributed by atoms with E-state index in [-0.39, 0.29) is 42.7 Å². The van der Waals surface area contributed by atoms with Gasteiger partial charge in [0.2, 0.25) is 0 Å². The van der Waals surface area contributed by atoms with E-state index in [1.165, 1.54) is 0 Å². The first-order valence-electron chi connectivity index (χ1n) is 12.3. The number of ether oxygens (including phenoxy) is 1. The number of benzene rings is 2. The number of hydrogen-bond donors (Lipinski definition) is 1. The van der Waals surface area contributed by atoms with Crippen LogP contribution in [0.4, 0.5) is 18.0 Å². The third-order valence-electron chi connectivity index (χ3n) is 7.10. The lowest BCUT2D eigenvalue weighted by atomic mass is 9.83. The lowest BCUT2D eigenvalue weighted by Gasteiger charge is -2.41. The van der Waals surface area contributed by atoms with Gasteiger partial charge < -0.3 is 9.64 Å². The van der Waals surface area contributed by atoms with Gasteiger partial charge in [-0.3, -0.25) is 0 Å². The normalized spacial score (nSPS) is 23.4. The maximum atomic E-state index is 14.5. The molecule has 0 radical (unpaired) electrons. The first kappa shape index (κ1) is 26.7. The molecule has 9 heteroatoms. The number of rotatable bonds is 7. The van der Waals surface area contributed by atoms with E-state index in [1.807, 2.05) is 56.0 Å². The van der Waals surface area contributed by atoms with Crippen LogP contribution in [0, 0.1) is 23.4 Å². The van der Waals surface area contributed by atoms with Crippen LogP contribution in [0.15, 0.2) is 42.5 Å². The van der Waals surface area contributed by atoms with Crippen LogP contribution in [0.3, 0.4) is 0 Å². The van der Waals surface area contributed by atoms with Gasteiger partial charge in [0.15, 0.2) is 11.6 Å². The summed E-state index contributed by atoms with van der Waals surface area (Å²) in [5.74, 6) is -3.20. The van der Waals surface area contributed by atoms with Crippen molar-refractivity contribution in [1.29, 1.82) is 0 Å². The maximum absolute atomic E-state index is 14.5. The summed E-state index contributed by atoms with van der Waals surface area (Å²) in [7, 11) is -1.45. The van der Waals surface area contributed by atoms with Gasteiger partial charge in [-0.1, -0.05) is 30.3 Å². The number of nitrogens with one attached hydrogen (secondary N) is 1. The van der Waals surface area contributed by atoms with Crippen LogP contribution >= 0.6 is 0 Å². The minimum atomic E-state index is -1.45. The van der Waals surface area contributed by atoms with Crippen molar-refractivity contribution in [3.8, 4) is 0 Å². The van der Waals surface area contributed by atoms with Gasteiger partial charge in [0.1, 0.15) is 12.4 Å². The molecule has 1 amide bonds. The SMILES string of the molecule is CC(C)(C)[S@](=O)N[C@@H](Cc1cc(F)c(F)cc1F)C1C[C@H]2CC[C@@H](C1)N2C(=O)OCc1ccccc1. The molecule has 2 heterocycles. The van der Waals surface area contributed by atoms with Gasteiger partial charge in [-0.05, 0) is 76.0 Å². The van der Waals surface area contributed by atoms with Crippen molar-refractivity contribution in [3.63, 3.8) is 0 Å². The van der Waals surface area contributed by atoms with Crippen LogP contribution < -0.4 is 4.72 Å². The molecule has 196 valence electrons. The predicted octanol–water partition coefficient (Wildman–Crippen LogP) is 5.65. The summed E-state index contributed by atoms with van der Waals surface area (Å²) in [6, 6.07) is 10.4.